The molecule has 0 saturated heterocycles. The quantitative estimate of drug-likeness (QED) is 0.846. The number of methoxy groups -OCH3 is 1. The van der Waals surface area contributed by atoms with Crippen molar-refractivity contribution < 1.29 is 9.53 Å². The molecular formula is C13H17NO2. The predicted molar refractivity (Wildman–Crippen MR) is 62.3 cm³/mol. The van der Waals surface area contributed by atoms with Crippen LogP contribution in [0.4, 0.5) is 0 Å². The number of primary amides is 1. The van der Waals surface area contributed by atoms with E-state index in [4.69, 9.17) is 10.5 Å². The molecule has 2 unspecified atom stereocenters. The Balaban J connectivity index is 2.05. The van der Waals surface area contributed by atoms with Crippen LogP contribution in [0.5, 0.6) is 5.75 Å². The molecule has 2 rings (SSSR count). The molecule has 1 saturated carbocycles. The van der Waals surface area contributed by atoms with Gasteiger partial charge >= 0.3 is 0 Å². The Hall–Kier alpha value is -1.51. The van der Waals surface area contributed by atoms with Crippen LogP contribution < -0.4 is 10.5 Å². The van der Waals surface area contributed by atoms with Gasteiger partial charge in [0, 0.05) is 5.92 Å². The minimum absolute atomic E-state index is 0.0621. The fourth-order valence-corrected chi connectivity index (χ4v) is 2.42. The zero-order valence-electron chi connectivity index (χ0n) is 9.48. The average molecular weight is 219 g/mol. The molecule has 3 heteroatoms. The number of rotatable bonds is 3. The minimum atomic E-state index is -0.156. The summed E-state index contributed by atoms with van der Waals surface area (Å²) < 4.78 is 5.12. The van der Waals surface area contributed by atoms with Crippen molar-refractivity contribution in [2.45, 2.75) is 25.2 Å². The van der Waals surface area contributed by atoms with Gasteiger partial charge in [-0.3, -0.25) is 4.79 Å². The lowest BCUT2D eigenvalue weighted by Crippen LogP contribution is -2.20. The Morgan fingerprint density at radius 2 is 2.00 bits per heavy atom. The van der Waals surface area contributed by atoms with E-state index >= 15 is 0 Å². The largest absolute Gasteiger partial charge is 0.497 e. The molecule has 1 fully saturated rings. The Labute approximate surface area is 95.6 Å². The summed E-state index contributed by atoms with van der Waals surface area (Å²) in [5, 5.41) is 0. The predicted octanol–water partition coefficient (Wildman–Crippen LogP) is 2.06. The minimum Gasteiger partial charge on any atom is -0.497 e. The summed E-state index contributed by atoms with van der Waals surface area (Å²) >= 11 is 0. The maximum atomic E-state index is 11.1. The van der Waals surface area contributed by atoms with Gasteiger partial charge in [-0.25, -0.2) is 0 Å². The number of amides is 1. The number of ether oxygens (including phenoxy) is 1. The first-order valence-electron chi connectivity index (χ1n) is 5.64. The third-order valence-corrected chi connectivity index (χ3v) is 3.42. The van der Waals surface area contributed by atoms with Crippen molar-refractivity contribution in [3.8, 4) is 5.75 Å². The highest BCUT2D eigenvalue weighted by Gasteiger charge is 2.29. The van der Waals surface area contributed by atoms with Crippen LogP contribution in [0.25, 0.3) is 0 Å². The maximum absolute atomic E-state index is 11.1. The third kappa shape index (κ3) is 2.18. The van der Waals surface area contributed by atoms with Gasteiger partial charge < -0.3 is 10.5 Å². The van der Waals surface area contributed by atoms with Crippen LogP contribution in [-0.2, 0) is 4.79 Å². The second-order valence-corrected chi connectivity index (χ2v) is 4.38. The molecule has 1 amide bonds. The molecule has 0 radical (unpaired) electrons. The molecule has 16 heavy (non-hydrogen) atoms. The van der Waals surface area contributed by atoms with E-state index in [-0.39, 0.29) is 11.8 Å². The third-order valence-electron chi connectivity index (χ3n) is 3.42. The van der Waals surface area contributed by atoms with E-state index in [1.54, 1.807) is 7.11 Å². The van der Waals surface area contributed by atoms with Crippen LogP contribution in [0.2, 0.25) is 0 Å². The monoisotopic (exact) mass is 219 g/mol. The first-order valence-corrected chi connectivity index (χ1v) is 5.64. The molecular weight excluding hydrogens is 202 g/mol. The summed E-state index contributed by atoms with van der Waals surface area (Å²) in [6, 6.07) is 8.08. The van der Waals surface area contributed by atoms with Gasteiger partial charge in [-0.05, 0) is 42.9 Å². The summed E-state index contributed by atoms with van der Waals surface area (Å²) in [6.07, 6.45) is 2.87. The fraction of sp³-hybridized carbons (Fsp3) is 0.462. The van der Waals surface area contributed by atoms with E-state index in [0.717, 1.165) is 25.0 Å². The second kappa shape index (κ2) is 4.56. The molecule has 86 valence electrons. The number of carbonyl (C=O) groups excluding carboxylic acids is 1. The van der Waals surface area contributed by atoms with E-state index < -0.39 is 0 Å². The van der Waals surface area contributed by atoms with Crippen molar-refractivity contribution in [1.82, 2.24) is 0 Å². The number of hydrogen-bond acceptors (Lipinski definition) is 2. The average Bonchev–Trinajstić information content (AvgIpc) is 2.78. The maximum Gasteiger partial charge on any atom is 0.220 e. The molecule has 2 N–H and O–H groups in total. The van der Waals surface area contributed by atoms with E-state index in [2.05, 4.69) is 12.1 Å². The number of benzene rings is 1. The van der Waals surface area contributed by atoms with Crippen LogP contribution in [0.1, 0.15) is 30.7 Å². The highest BCUT2D eigenvalue weighted by molar-refractivity contribution is 5.77. The molecule has 1 aromatic carbocycles. The van der Waals surface area contributed by atoms with Gasteiger partial charge in [0.1, 0.15) is 5.75 Å². The van der Waals surface area contributed by atoms with Gasteiger partial charge in [-0.2, -0.15) is 0 Å². The summed E-state index contributed by atoms with van der Waals surface area (Å²) in [4.78, 5) is 11.1. The second-order valence-electron chi connectivity index (χ2n) is 4.38. The molecule has 2 atom stereocenters. The van der Waals surface area contributed by atoms with E-state index in [1.165, 1.54) is 5.56 Å². The van der Waals surface area contributed by atoms with Crippen molar-refractivity contribution in [1.29, 1.82) is 0 Å². The van der Waals surface area contributed by atoms with Gasteiger partial charge in [-0.1, -0.05) is 12.1 Å². The number of carbonyl (C=O) groups is 1. The van der Waals surface area contributed by atoms with Crippen LogP contribution >= 0.6 is 0 Å². The van der Waals surface area contributed by atoms with Gasteiger partial charge in [0.2, 0.25) is 5.91 Å². The highest BCUT2D eigenvalue weighted by Crippen LogP contribution is 2.38. The Bertz CT molecular complexity index is 372. The van der Waals surface area contributed by atoms with Crippen molar-refractivity contribution in [2.75, 3.05) is 7.11 Å². The van der Waals surface area contributed by atoms with Gasteiger partial charge in [0.15, 0.2) is 0 Å². The first-order chi connectivity index (χ1) is 7.70. The lowest BCUT2D eigenvalue weighted by molar-refractivity contribution is -0.121. The molecule has 1 aliphatic rings. The first kappa shape index (κ1) is 11.0. The molecule has 0 bridgehead atoms. The van der Waals surface area contributed by atoms with E-state index in [9.17, 15) is 4.79 Å². The summed E-state index contributed by atoms with van der Waals surface area (Å²) in [5.41, 5.74) is 6.61. The van der Waals surface area contributed by atoms with E-state index in [1.807, 2.05) is 12.1 Å². The standard InChI is InChI=1S/C13H17NO2/c1-16-12-6-4-9(5-7-12)10-2-3-11(8-10)13(14)15/h4-7,10-11H,2-3,8H2,1H3,(H2,14,15). The molecule has 0 spiro atoms. The van der Waals surface area contributed by atoms with Crippen LogP contribution in [0, 0.1) is 5.92 Å². The van der Waals surface area contributed by atoms with Crippen molar-refractivity contribution >= 4 is 5.91 Å². The zero-order chi connectivity index (χ0) is 11.5. The molecule has 3 nitrogen and oxygen atoms in total. The number of hydrogen-bond donors (Lipinski definition) is 1. The van der Waals surface area contributed by atoms with Crippen molar-refractivity contribution in [3.63, 3.8) is 0 Å². The lowest BCUT2D eigenvalue weighted by atomic mass is 9.96. The molecule has 1 aliphatic carbocycles. The van der Waals surface area contributed by atoms with Crippen LogP contribution in [0.15, 0.2) is 24.3 Å². The molecule has 1 aromatic rings. The molecule has 0 aromatic heterocycles. The summed E-state index contributed by atoms with van der Waals surface area (Å²) in [6.45, 7) is 0. The topological polar surface area (TPSA) is 52.3 Å². The summed E-state index contributed by atoms with van der Waals surface area (Å²) in [5.74, 6) is 1.25. The van der Waals surface area contributed by atoms with Crippen LogP contribution in [0.3, 0.4) is 0 Å². The lowest BCUT2D eigenvalue weighted by Gasteiger charge is -2.10. The normalized spacial score (nSPS) is 24.3. The summed E-state index contributed by atoms with van der Waals surface area (Å²) in [7, 11) is 1.66. The molecule has 0 heterocycles. The Kier molecular flexibility index (Phi) is 3.13. The molecule has 0 aliphatic heterocycles. The van der Waals surface area contributed by atoms with Crippen molar-refractivity contribution in [2.24, 2.45) is 11.7 Å². The number of nitrogens with two attached hydrogens (primary N) is 1. The van der Waals surface area contributed by atoms with Crippen LogP contribution in [-0.4, -0.2) is 13.0 Å². The Morgan fingerprint density at radius 3 is 2.50 bits per heavy atom. The smallest absolute Gasteiger partial charge is 0.220 e. The SMILES string of the molecule is COc1ccc(C2CCC(C(N)=O)C2)cc1. The van der Waals surface area contributed by atoms with Gasteiger partial charge in [0.05, 0.1) is 7.11 Å². The van der Waals surface area contributed by atoms with Gasteiger partial charge in [0.25, 0.3) is 0 Å². The Morgan fingerprint density at radius 1 is 1.31 bits per heavy atom. The van der Waals surface area contributed by atoms with Crippen molar-refractivity contribution in [3.05, 3.63) is 29.8 Å². The fourth-order valence-electron chi connectivity index (χ4n) is 2.42. The van der Waals surface area contributed by atoms with E-state index in [0.29, 0.717) is 5.92 Å². The van der Waals surface area contributed by atoms with Gasteiger partial charge in [-0.15, -0.1) is 0 Å². The highest BCUT2D eigenvalue weighted by atomic mass is 16.5. The zero-order valence-corrected chi connectivity index (χ0v) is 9.48.